The van der Waals surface area contributed by atoms with Crippen LogP contribution in [0.3, 0.4) is 0 Å². The molecular weight excluding hydrogens is 606 g/mol. The summed E-state index contributed by atoms with van der Waals surface area (Å²) in [6.45, 7) is 3.22. The molecule has 11 nitrogen and oxygen atoms in total. The van der Waals surface area contributed by atoms with Gasteiger partial charge in [0, 0.05) is 37.9 Å². The first-order valence-corrected chi connectivity index (χ1v) is 14.7. The van der Waals surface area contributed by atoms with E-state index < -0.39 is 11.6 Å². The molecule has 0 bridgehead atoms. The zero-order valence-corrected chi connectivity index (χ0v) is 25.8. The van der Waals surface area contributed by atoms with Gasteiger partial charge in [-0.25, -0.2) is 4.98 Å². The van der Waals surface area contributed by atoms with Crippen LogP contribution in [0, 0.1) is 29.6 Å². The van der Waals surface area contributed by atoms with E-state index in [9.17, 15) is 25.2 Å². The molecule has 0 radical (unpaired) electrons. The van der Waals surface area contributed by atoms with E-state index in [1.807, 2.05) is 36.4 Å². The topological polar surface area (TPSA) is 173 Å². The van der Waals surface area contributed by atoms with E-state index in [2.05, 4.69) is 31.9 Å². The van der Waals surface area contributed by atoms with Gasteiger partial charge in [-0.2, -0.15) is 10.5 Å². The first-order chi connectivity index (χ1) is 22.3. The van der Waals surface area contributed by atoms with Crippen molar-refractivity contribution in [3.63, 3.8) is 0 Å². The molecule has 1 aromatic heterocycles. The summed E-state index contributed by atoms with van der Waals surface area (Å²) in [4.78, 5) is 32.0. The van der Waals surface area contributed by atoms with Crippen LogP contribution in [0.5, 0.6) is 5.75 Å². The number of rotatable bonds is 11. The quantitative estimate of drug-likeness (QED) is 0.105. The summed E-state index contributed by atoms with van der Waals surface area (Å²) in [5.41, 5.74) is 1.11. The van der Waals surface area contributed by atoms with E-state index >= 15 is 0 Å². The number of phenolic OH excluding ortho intramolecular Hbond substituents is 1. The van der Waals surface area contributed by atoms with Crippen molar-refractivity contribution < 1.29 is 19.4 Å². The lowest BCUT2D eigenvalue weighted by Crippen LogP contribution is -2.22. The Hall–Kier alpha value is -5.62. The number of aromatic hydroxyl groups is 1. The van der Waals surface area contributed by atoms with Gasteiger partial charge in [0.2, 0.25) is 5.78 Å². The third-order valence-electron chi connectivity index (χ3n) is 7.49. The van der Waals surface area contributed by atoms with Crippen LogP contribution in [-0.2, 0) is 11.2 Å². The number of halogens is 1. The fraction of sp³-hybridized carbons (Fsp3) is 0.206. The Morgan fingerprint density at radius 3 is 2.37 bits per heavy atom. The van der Waals surface area contributed by atoms with Gasteiger partial charge in [0.15, 0.2) is 11.6 Å². The van der Waals surface area contributed by atoms with Crippen molar-refractivity contribution in [2.45, 2.75) is 19.8 Å². The molecule has 12 heteroatoms. The van der Waals surface area contributed by atoms with E-state index in [-0.39, 0.29) is 55.5 Å². The number of carbonyl (C=O) groups excluding carboxylic acids is 2. The average Bonchev–Trinajstić information content (AvgIpc) is 3.05. The number of pyridine rings is 1. The zero-order chi connectivity index (χ0) is 32.8. The Kier molecular flexibility index (Phi) is 9.67. The van der Waals surface area contributed by atoms with Crippen molar-refractivity contribution in [2.24, 2.45) is 10.2 Å². The maximum absolute atomic E-state index is 13.8. The third kappa shape index (κ3) is 6.15. The van der Waals surface area contributed by atoms with Crippen molar-refractivity contribution in [3.05, 3.63) is 104 Å². The van der Waals surface area contributed by atoms with Crippen LogP contribution in [0.25, 0.3) is 0 Å². The summed E-state index contributed by atoms with van der Waals surface area (Å²) in [6.07, 6.45) is 1.36. The number of aromatic nitrogens is 1. The molecule has 5 rings (SSSR count). The molecule has 1 aliphatic carbocycles. The molecule has 1 heterocycles. The molecule has 0 saturated carbocycles. The number of carbonyl (C=O) groups is 2. The second kappa shape index (κ2) is 14.0. The lowest BCUT2D eigenvalue weighted by molar-refractivity contribution is 0.0977. The molecule has 0 atom stereocenters. The lowest BCUT2D eigenvalue weighted by atomic mass is 9.80. The van der Waals surface area contributed by atoms with Crippen LogP contribution in [0.15, 0.2) is 64.8 Å². The molecule has 0 unspecified atom stereocenters. The second-order valence-electron chi connectivity index (χ2n) is 10.4. The summed E-state index contributed by atoms with van der Waals surface area (Å²) in [7, 11) is 1.61. The van der Waals surface area contributed by atoms with Crippen LogP contribution < -0.4 is 10.6 Å². The standard InChI is InChI=1S/C34H28ClN7O4/c1-19-23(18-37)33(38-13-7-15-46-2)40-34(39-14-12-20-8-4-3-5-9-20)29(19)41-42-30-24(35)16-21(17-36)26-28(30)32(45)27-22(31(26)44)10-6-11-25(27)43/h3-6,8-11,16,43H,7,12-15H2,1-2H3,(H2,38,39,40). The van der Waals surface area contributed by atoms with Gasteiger partial charge in [0.25, 0.3) is 0 Å². The lowest BCUT2D eigenvalue weighted by Gasteiger charge is -2.21. The van der Waals surface area contributed by atoms with Gasteiger partial charge >= 0.3 is 0 Å². The number of hydrogen-bond acceptors (Lipinski definition) is 11. The number of benzene rings is 3. The van der Waals surface area contributed by atoms with Gasteiger partial charge in [-0.15, -0.1) is 10.2 Å². The third-order valence-corrected chi connectivity index (χ3v) is 7.77. The zero-order valence-electron chi connectivity index (χ0n) is 25.0. The highest BCUT2D eigenvalue weighted by Crippen LogP contribution is 2.43. The molecule has 0 spiro atoms. The number of methoxy groups -OCH3 is 1. The maximum atomic E-state index is 13.8. The number of nitriles is 2. The molecule has 0 aliphatic heterocycles. The predicted octanol–water partition coefficient (Wildman–Crippen LogP) is 6.79. The van der Waals surface area contributed by atoms with Gasteiger partial charge in [-0.3, -0.25) is 9.59 Å². The summed E-state index contributed by atoms with van der Waals surface area (Å²) in [6, 6.07) is 19.4. The normalized spacial score (nSPS) is 11.9. The fourth-order valence-corrected chi connectivity index (χ4v) is 5.45. The number of phenols is 1. The number of ketones is 2. The maximum Gasteiger partial charge on any atom is 0.200 e. The number of nitrogens with one attached hydrogen (secondary N) is 2. The van der Waals surface area contributed by atoms with Crippen molar-refractivity contribution in [3.8, 4) is 17.9 Å². The van der Waals surface area contributed by atoms with E-state index in [1.165, 1.54) is 24.3 Å². The highest BCUT2D eigenvalue weighted by Gasteiger charge is 2.37. The smallest absolute Gasteiger partial charge is 0.200 e. The number of hydrogen-bond donors (Lipinski definition) is 3. The number of anilines is 2. The van der Waals surface area contributed by atoms with Crippen molar-refractivity contribution in [2.75, 3.05) is 37.4 Å². The molecule has 4 aromatic rings. The minimum Gasteiger partial charge on any atom is -0.507 e. The van der Waals surface area contributed by atoms with Gasteiger partial charge in [-0.1, -0.05) is 54.1 Å². The van der Waals surface area contributed by atoms with E-state index in [4.69, 9.17) is 16.3 Å². The number of nitrogens with zero attached hydrogens (tertiary/aromatic N) is 5. The number of azo groups is 1. The second-order valence-corrected chi connectivity index (χ2v) is 10.8. The largest absolute Gasteiger partial charge is 0.507 e. The minimum absolute atomic E-state index is 0.0311. The predicted molar refractivity (Wildman–Crippen MR) is 173 cm³/mol. The highest BCUT2D eigenvalue weighted by molar-refractivity contribution is 6.37. The van der Waals surface area contributed by atoms with Gasteiger partial charge in [-0.05, 0) is 37.5 Å². The molecule has 3 N–H and O–H groups in total. The summed E-state index contributed by atoms with van der Waals surface area (Å²) in [5.74, 6) is -1.05. The average molecular weight is 634 g/mol. The first kappa shape index (κ1) is 31.8. The summed E-state index contributed by atoms with van der Waals surface area (Å²) < 4.78 is 5.12. The first-order valence-electron chi connectivity index (χ1n) is 14.4. The molecule has 230 valence electrons. The number of fused-ring (bicyclic) bond motifs is 2. The summed E-state index contributed by atoms with van der Waals surface area (Å²) >= 11 is 6.55. The van der Waals surface area contributed by atoms with Gasteiger partial charge in [0.05, 0.1) is 38.9 Å². The highest BCUT2D eigenvalue weighted by atomic mass is 35.5. The minimum atomic E-state index is -0.722. The van der Waals surface area contributed by atoms with Crippen LogP contribution in [0.2, 0.25) is 5.02 Å². The molecule has 3 aromatic carbocycles. The Labute approximate surface area is 270 Å². The molecule has 0 saturated heterocycles. The van der Waals surface area contributed by atoms with Crippen molar-refractivity contribution in [1.29, 1.82) is 10.5 Å². The van der Waals surface area contributed by atoms with E-state index in [1.54, 1.807) is 14.0 Å². The summed E-state index contributed by atoms with van der Waals surface area (Å²) in [5, 5.41) is 45.5. The fourth-order valence-electron chi connectivity index (χ4n) is 5.21. The van der Waals surface area contributed by atoms with Gasteiger partial charge < -0.3 is 20.5 Å². The molecule has 1 aliphatic rings. The van der Waals surface area contributed by atoms with E-state index in [0.717, 1.165) is 5.56 Å². The van der Waals surface area contributed by atoms with Crippen LogP contribution in [-0.4, -0.2) is 48.5 Å². The van der Waals surface area contributed by atoms with E-state index in [0.29, 0.717) is 49.7 Å². The van der Waals surface area contributed by atoms with Gasteiger partial charge in [0.1, 0.15) is 29.0 Å². The Morgan fingerprint density at radius 2 is 1.65 bits per heavy atom. The Bertz CT molecular complexity index is 1960. The van der Waals surface area contributed by atoms with Crippen LogP contribution in [0.1, 0.15) is 60.5 Å². The molecule has 46 heavy (non-hydrogen) atoms. The molecule has 0 fully saturated rings. The molecule has 0 amide bonds. The van der Waals surface area contributed by atoms with Crippen molar-refractivity contribution >= 4 is 46.2 Å². The molecular formula is C34H28ClN7O4. The van der Waals surface area contributed by atoms with Crippen LogP contribution in [0.4, 0.5) is 23.0 Å². The Morgan fingerprint density at radius 1 is 0.913 bits per heavy atom. The van der Waals surface area contributed by atoms with Crippen molar-refractivity contribution in [1.82, 2.24) is 4.98 Å². The SMILES string of the molecule is COCCCNc1nc(NCCc2ccccc2)c(N=Nc2c(Cl)cc(C#N)c3c2C(=O)c2c(O)cccc2C3=O)c(C)c1C#N. The van der Waals surface area contributed by atoms with Crippen LogP contribution >= 0.6 is 11.6 Å². The Balaban J connectivity index is 1.61. The number of ether oxygens (including phenoxy) is 1. The monoisotopic (exact) mass is 633 g/mol.